The zero-order valence-corrected chi connectivity index (χ0v) is 12.0. The van der Waals surface area contributed by atoms with Crippen LogP contribution in [0.2, 0.25) is 0 Å². The third-order valence-corrected chi connectivity index (χ3v) is 3.31. The molecule has 1 aromatic carbocycles. The van der Waals surface area contributed by atoms with Gasteiger partial charge in [-0.2, -0.15) is 13.2 Å². The van der Waals surface area contributed by atoms with Crippen LogP contribution < -0.4 is 5.43 Å². The smallest absolute Gasteiger partial charge is 0.356 e. The number of rotatable bonds is 2. The van der Waals surface area contributed by atoms with Crippen LogP contribution in [0.25, 0.3) is 11.1 Å². The third kappa shape index (κ3) is 3.17. The summed E-state index contributed by atoms with van der Waals surface area (Å²) in [6.45, 7) is 3.76. The van der Waals surface area contributed by atoms with E-state index in [4.69, 9.17) is 0 Å². The summed E-state index contributed by atoms with van der Waals surface area (Å²) in [4.78, 5) is 12.4. The van der Waals surface area contributed by atoms with Crippen molar-refractivity contribution < 1.29 is 13.2 Å². The molecule has 0 fully saturated rings. The lowest BCUT2D eigenvalue weighted by molar-refractivity contribution is -0.137. The molecule has 0 saturated heterocycles. The van der Waals surface area contributed by atoms with Crippen LogP contribution in [0.3, 0.4) is 0 Å². The Morgan fingerprint density at radius 1 is 1.14 bits per heavy atom. The van der Waals surface area contributed by atoms with Crippen LogP contribution in [-0.4, -0.2) is 4.57 Å². The number of alkyl halides is 3. The second-order valence-electron chi connectivity index (χ2n) is 5.36. The predicted molar refractivity (Wildman–Crippen MR) is 76.2 cm³/mol. The Morgan fingerprint density at radius 3 is 2.38 bits per heavy atom. The molecule has 0 aliphatic heterocycles. The molecule has 0 bridgehead atoms. The first-order valence-corrected chi connectivity index (χ1v) is 6.58. The van der Waals surface area contributed by atoms with Crippen LogP contribution in [0, 0.1) is 0 Å². The molecule has 0 N–H and O–H groups in total. The first kappa shape index (κ1) is 15.4. The summed E-state index contributed by atoms with van der Waals surface area (Å²) in [6.07, 6.45) is -1.15. The summed E-state index contributed by atoms with van der Waals surface area (Å²) in [5.41, 5.74) is 0.189. The van der Waals surface area contributed by atoms with Crippen molar-refractivity contribution >= 4 is 0 Å². The van der Waals surface area contributed by atoms with E-state index < -0.39 is 11.7 Å². The van der Waals surface area contributed by atoms with Crippen LogP contribution in [0.4, 0.5) is 13.2 Å². The van der Waals surface area contributed by atoms with Crippen LogP contribution in [0.1, 0.15) is 30.9 Å². The number of hydrogen-bond acceptors (Lipinski definition) is 1. The first-order valence-electron chi connectivity index (χ1n) is 6.58. The number of pyridine rings is 1. The van der Waals surface area contributed by atoms with Gasteiger partial charge in [0, 0.05) is 30.6 Å². The van der Waals surface area contributed by atoms with Crippen molar-refractivity contribution in [2.75, 3.05) is 0 Å². The van der Waals surface area contributed by atoms with Crippen molar-refractivity contribution in [2.45, 2.75) is 25.9 Å². The Bertz CT molecular complexity index is 714. The third-order valence-electron chi connectivity index (χ3n) is 3.31. The van der Waals surface area contributed by atoms with E-state index >= 15 is 0 Å². The van der Waals surface area contributed by atoms with Crippen molar-refractivity contribution in [3.8, 4) is 11.1 Å². The molecule has 0 unspecified atom stereocenters. The molecule has 5 heteroatoms. The Morgan fingerprint density at radius 2 is 1.81 bits per heavy atom. The molecule has 0 saturated carbocycles. The van der Waals surface area contributed by atoms with E-state index in [2.05, 4.69) is 0 Å². The molecule has 0 radical (unpaired) electrons. The molecule has 1 aromatic heterocycles. The van der Waals surface area contributed by atoms with Crippen LogP contribution in [0.15, 0.2) is 41.5 Å². The van der Waals surface area contributed by atoms with Crippen LogP contribution in [0.5, 0.6) is 0 Å². The van der Waals surface area contributed by atoms with Crippen molar-refractivity contribution in [2.24, 2.45) is 7.05 Å². The lowest BCUT2D eigenvalue weighted by Crippen LogP contribution is -2.16. The normalized spacial score (nSPS) is 12.0. The van der Waals surface area contributed by atoms with Crippen molar-refractivity contribution in [3.63, 3.8) is 0 Å². The van der Waals surface area contributed by atoms with Crippen molar-refractivity contribution in [1.29, 1.82) is 0 Å². The molecule has 0 atom stereocenters. The molecular weight excluding hydrogens is 279 g/mol. The highest BCUT2D eigenvalue weighted by Crippen LogP contribution is 2.31. The van der Waals surface area contributed by atoms with Gasteiger partial charge in [-0.3, -0.25) is 4.79 Å². The van der Waals surface area contributed by atoms with Crippen molar-refractivity contribution in [3.05, 3.63) is 58.0 Å². The summed E-state index contributed by atoms with van der Waals surface area (Å²) in [5.74, 6) is 0.00875. The Hall–Kier alpha value is -2.04. The van der Waals surface area contributed by atoms with Gasteiger partial charge in [-0.1, -0.05) is 26.0 Å². The minimum Gasteiger partial charge on any atom is -0.356 e. The van der Waals surface area contributed by atoms with Gasteiger partial charge in [0.05, 0.1) is 5.56 Å². The Kier molecular flexibility index (Phi) is 3.94. The fraction of sp³-hybridized carbons (Fsp3) is 0.312. The molecule has 0 amide bonds. The van der Waals surface area contributed by atoms with Crippen LogP contribution >= 0.6 is 0 Å². The molecule has 2 nitrogen and oxygen atoms in total. The quantitative estimate of drug-likeness (QED) is 0.814. The molecule has 1 heterocycles. The molecule has 0 aliphatic carbocycles. The first-order chi connectivity index (χ1) is 9.70. The summed E-state index contributed by atoms with van der Waals surface area (Å²) in [6, 6.07) is 4.86. The van der Waals surface area contributed by atoms with E-state index in [-0.39, 0.29) is 22.5 Å². The van der Waals surface area contributed by atoms with Gasteiger partial charge in [0.1, 0.15) is 0 Å². The summed E-state index contributed by atoms with van der Waals surface area (Å²) in [7, 11) is 1.75. The minimum absolute atomic E-state index is 0.00875. The van der Waals surface area contributed by atoms with E-state index in [1.165, 1.54) is 12.1 Å². The lowest BCUT2D eigenvalue weighted by Gasteiger charge is -2.12. The second-order valence-corrected chi connectivity index (χ2v) is 5.36. The number of aromatic nitrogens is 1. The Balaban J connectivity index is 2.65. The van der Waals surface area contributed by atoms with Gasteiger partial charge >= 0.3 is 6.18 Å². The lowest BCUT2D eigenvalue weighted by atomic mass is 9.98. The molecule has 112 valence electrons. The summed E-state index contributed by atoms with van der Waals surface area (Å²) >= 11 is 0. The average molecular weight is 295 g/mol. The highest BCUT2D eigenvalue weighted by molar-refractivity contribution is 5.64. The van der Waals surface area contributed by atoms with Gasteiger partial charge in [0.2, 0.25) is 0 Å². The monoisotopic (exact) mass is 295 g/mol. The standard InChI is InChI=1S/C16H16F3NO/c1-10(2)13-8-20(3)9-14(15(13)21)11-5-4-6-12(7-11)16(17,18)19/h4-10H,1-3H3. The van der Waals surface area contributed by atoms with E-state index in [9.17, 15) is 18.0 Å². The zero-order valence-electron chi connectivity index (χ0n) is 12.0. The maximum Gasteiger partial charge on any atom is 0.416 e. The molecule has 21 heavy (non-hydrogen) atoms. The largest absolute Gasteiger partial charge is 0.416 e. The van der Waals surface area contributed by atoms with Gasteiger partial charge in [-0.25, -0.2) is 0 Å². The second kappa shape index (κ2) is 5.39. The molecule has 2 aromatic rings. The fourth-order valence-electron chi connectivity index (χ4n) is 2.21. The van der Waals surface area contributed by atoms with E-state index in [1.807, 2.05) is 13.8 Å². The van der Waals surface area contributed by atoms with Gasteiger partial charge in [0.15, 0.2) is 5.43 Å². The average Bonchev–Trinajstić information content (AvgIpc) is 2.40. The van der Waals surface area contributed by atoms with Gasteiger partial charge in [0.25, 0.3) is 0 Å². The number of nitrogens with zero attached hydrogens (tertiary/aromatic N) is 1. The minimum atomic E-state index is -4.42. The molecule has 0 spiro atoms. The highest BCUT2D eigenvalue weighted by Gasteiger charge is 2.30. The molecule has 0 aliphatic rings. The molecule has 2 rings (SSSR count). The number of hydrogen-bond donors (Lipinski definition) is 0. The number of benzene rings is 1. The van der Waals surface area contributed by atoms with Gasteiger partial charge in [-0.05, 0) is 23.6 Å². The van der Waals surface area contributed by atoms with E-state index in [0.717, 1.165) is 12.1 Å². The summed E-state index contributed by atoms with van der Waals surface area (Å²) in [5, 5.41) is 0. The fourth-order valence-corrected chi connectivity index (χ4v) is 2.21. The summed E-state index contributed by atoms with van der Waals surface area (Å²) < 4.78 is 40.1. The van der Waals surface area contributed by atoms with Gasteiger partial charge in [-0.15, -0.1) is 0 Å². The topological polar surface area (TPSA) is 22.0 Å². The van der Waals surface area contributed by atoms with Crippen molar-refractivity contribution in [1.82, 2.24) is 4.57 Å². The maximum absolute atomic E-state index is 12.8. The maximum atomic E-state index is 12.8. The van der Waals surface area contributed by atoms with E-state index in [0.29, 0.717) is 5.56 Å². The van der Waals surface area contributed by atoms with Gasteiger partial charge < -0.3 is 4.57 Å². The zero-order chi connectivity index (χ0) is 15.8. The van der Waals surface area contributed by atoms with Crippen LogP contribution in [-0.2, 0) is 13.2 Å². The SMILES string of the molecule is CC(C)c1cn(C)cc(-c2cccc(C(F)(F)F)c2)c1=O. The highest BCUT2D eigenvalue weighted by atomic mass is 19.4. The number of halogens is 3. The molecular formula is C16H16F3NO. The van der Waals surface area contributed by atoms with E-state index in [1.54, 1.807) is 24.0 Å². The number of aryl methyl sites for hydroxylation is 1. The Labute approximate surface area is 120 Å². The predicted octanol–water partition coefficient (Wildman–Crippen LogP) is 4.19.